The van der Waals surface area contributed by atoms with Gasteiger partial charge in [0, 0.05) is 23.2 Å². The average Bonchev–Trinajstić information content (AvgIpc) is 3.17. The second kappa shape index (κ2) is 9.72. The van der Waals surface area contributed by atoms with Crippen LogP contribution in [-0.4, -0.2) is 66.8 Å². The summed E-state index contributed by atoms with van der Waals surface area (Å²) in [6, 6.07) is 16.1. The number of nitrogens with zero attached hydrogens (tertiary/aromatic N) is 2. The summed E-state index contributed by atoms with van der Waals surface area (Å²) in [4.78, 5) is 43.2. The molecule has 1 aromatic heterocycles. The van der Waals surface area contributed by atoms with E-state index in [1.807, 2.05) is 24.3 Å². The van der Waals surface area contributed by atoms with Gasteiger partial charge in [-0.15, -0.1) is 0 Å². The molecule has 0 atom stereocenters. The van der Waals surface area contributed by atoms with Gasteiger partial charge in [0.05, 0.1) is 49.7 Å². The third kappa shape index (κ3) is 4.33. The predicted octanol–water partition coefficient (Wildman–Crippen LogP) is 2.36. The molecule has 4 rings (SSSR count). The van der Waals surface area contributed by atoms with Crippen LogP contribution in [-0.2, 0) is 19.1 Å². The summed E-state index contributed by atoms with van der Waals surface area (Å²) in [6.45, 7) is -0.0438. The van der Waals surface area contributed by atoms with Crippen molar-refractivity contribution in [1.82, 2.24) is 9.88 Å². The molecule has 2 heterocycles. The van der Waals surface area contributed by atoms with E-state index in [1.54, 1.807) is 30.3 Å². The van der Waals surface area contributed by atoms with Crippen LogP contribution in [0.1, 0.15) is 10.4 Å². The quantitative estimate of drug-likeness (QED) is 0.515. The van der Waals surface area contributed by atoms with Gasteiger partial charge in [-0.05, 0) is 24.3 Å². The number of rotatable bonds is 7. The molecule has 174 valence electrons. The van der Waals surface area contributed by atoms with Crippen molar-refractivity contribution in [2.75, 3.05) is 39.2 Å². The molecule has 2 aromatic carbocycles. The van der Waals surface area contributed by atoms with Gasteiger partial charge < -0.3 is 24.8 Å². The first-order valence-corrected chi connectivity index (χ1v) is 10.5. The number of aliphatic hydroxyl groups is 1. The number of benzene rings is 2. The predicted molar refractivity (Wildman–Crippen MR) is 125 cm³/mol. The van der Waals surface area contributed by atoms with Crippen LogP contribution in [0, 0.1) is 0 Å². The molecule has 0 unspecified atom stereocenters. The second-order valence-corrected chi connectivity index (χ2v) is 7.56. The highest BCUT2D eigenvalue weighted by atomic mass is 16.5. The maximum Gasteiger partial charge on any atom is 0.338 e. The Balaban J connectivity index is 1.65. The van der Waals surface area contributed by atoms with Crippen LogP contribution in [0.25, 0.3) is 22.2 Å². The van der Waals surface area contributed by atoms with Crippen LogP contribution in [0.2, 0.25) is 0 Å². The molecule has 34 heavy (non-hydrogen) atoms. The Morgan fingerprint density at radius 3 is 2.44 bits per heavy atom. The molecule has 0 radical (unpaired) electrons. The number of ether oxygens (including phenoxy) is 2. The maximum atomic E-state index is 12.7. The van der Waals surface area contributed by atoms with Crippen molar-refractivity contribution in [3.05, 3.63) is 71.4 Å². The lowest BCUT2D eigenvalue weighted by molar-refractivity contribution is -0.136. The fourth-order valence-corrected chi connectivity index (χ4v) is 3.82. The number of hydrogen-bond acceptors (Lipinski definition) is 8. The molecule has 1 aliphatic rings. The zero-order valence-corrected chi connectivity index (χ0v) is 18.7. The lowest BCUT2D eigenvalue weighted by Crippen LogP contribution is -2.31. The van der Waals surface area contributed by atoms with Crippen LogP contribution in [0.15, 0.2) is 65.9 Å². The first-order chi connectivity index (χ1) is 16.5. The minimum atomic E-state index is -0.608. The number of aromatic nitrogens is 1. The van der Waals surface area contributed by atoms with Gasteiger partial charge in [0.1, 0.15) is 5.70 Å². The Hall–Kier alpha value is -4.24. The number of aliphatic hydroxyl groups excluding tert-OH is 1. The van der Waals surface area contributed by atoms with Crippen LogP contribution < -0.4 is 5.32 Å². The molecule has 2 N–H and O–H groups in total. The third-order valence-corrected chi connectivity index (χ3v) is 5.53. The van der Waals surface area contributed by atoms with E-state index < -0.39 is 17.8 Å². The molecule has 9 nitrogen and oxygen atoms in total. The number of para-hydroxylation sites is 1. The largest absolute Gasteiger partial charge is 0.466 e. The van der Waals surface area contributed by atoms with Crippen molar-refractivity contribution in [3.8, 4) is 11.3 Å². The Morgan fingerprint density at radius 2 is 1.76 bits per heavy atom. The SMILES string of the molecule is COC(=O)C1=C(Nc2ccc(-c3cc(C(=O)OC)c4ccccc4n3)cc2)C(=O)N(CCO)C1. The van der Waals surface area contributed by atoms with Gasteiger partial charge in [0.15, 0.2) is 0 Å². The molecule has 0 aliphatic carbocycles. The zero-order valence-electron chi connectivity index (χ0n) is 18.7. The van der Waals surface area contributed by atoms with Gasteiger partial charge in [-0.3, -0.25) is 4.79 Å². The normalized spacial score (nSPS) is 13.4. The van der Waals surface area contributed by atoms with Gasteiger partial charge in [-0.25, -0.2) is 14.6 Å². The average molecular weight is 461 g/mol. The molecule has 9 heteroatoms. The lowest BCUT2D eigenvalue weighted by Gasteiger charge is -2.15. The summed E-state index contributed by atoms with van der Waals surface area (Å²) in [5.74, 6) is -1.45. The maximum absolute atomic E-state index is 12.7. The second-order valence-electron chi connectivity index (χ2n) is 7.56. The Bertz CT molecular complexity index is 1300. The molecular formula is C25H23N3O6. The van der Waals surface area contributed by atoms with Crippen LogP contribution in [0.4, 0.5) is 5.69 Å². The molecule has 0 fully saturated rings. The van der Waals surface area contributed by atoms with Gasteiger partial charge in [0.25, 0.3) is 5.91 Å². The summed E-state index contributed by atoms with van der Waals surface area (Å²) >= 11 is 0. The van der Waals surface area contributed by atoms with E-state index in [0.29, 0.717) is 27.8 Å². The number of carbonyl (C=O) groups is 3. The standard InChI is InChI=1S/C25H23N3O6/c1-33-24(31)18-13-21(27-20-6-4-3-5-17(18)20)15-7-9-16(10-8-15)26-22-19(25(32)34-2)14-28(11-12-29)23(22)30/h3-10,13,26,29H,11-12,14H2,1-2H3. The fraction of sp³-hybridized carbons (Fsp3) is 0.200. The molecule has 0 bridgehead atoms. The summed E-state index contributed by atoms with van der Waals surface area (Å²) in [6.07, 6.45) is 0. The summed E-state index contributed by atoms with van der Waals surface area (Å²) in [5.41, 5.74) is 3.31. The molecule has 0 spiro atoms. The molecule has 1 amide bonds. The van der Waals surface area contributed by atoms with Crippen LogP contribution in [0.5, 0.6) is 0 Å². The number of nitrogens with one attached hydrogen (secondary N) is 1. The molecular weight excluding hydrogens is 438 g/mol. The number of fused-ring (bicyclic) bond motifs is 1. The van der Waals surface area contributed by atoms with Crippen molar-refractivity contribution >= 4 is 34.4 Å². The van der Waals surface area contributed by atoms with Crippen molar-refractivity contribution in [3.63, 3.8) is 0 Å². The number of carbonyl (C=O) groups excluding carboxylic acids is 3. The van der Waals surface area contributed by atoms with Gasteiger partial charge in [0.2, 0.25) is 0 Å². The van der Waals surface area contributed by atoms with Gasteiger partial charge in [-0.1, -0.05) is 30.3 Å². The van der Waals surface area contributed by atoms with E-state index in [-0.39, 0.29) is 31.0 Å². The minimum Gasteiger partial charge on any atom is -0.466 e. The number of β-amino-alcohol motifs (C(OH)–C–C–N with tert-alkyl or cyclic N) is 1. The van der Waals surface area contributed by atoms with E-state index >= 15 is 0 Å². The first kappa shape index (κ1) is 22.9. The van der Waals surface area contributed by atoms with E-state index in [1.165, 1.54) is 19.1 Å². The van der Waals surface area contributed by atoms with Crippen molar-refractivity contribution < 1.29 is 29.0 Å². The summed E-state index contributed by atoms with van der Waals surface area (Å²) in [5, 5.41) is 12.9. The molecule has 3 aromatic rings. The number of amides is 1. The molecule has 0 saturated heterocycles. The van der Waals surface area contributed by atoms with E-state index in [0.717, 1.165) is 5.56 Å². The van der Waals surface area contributed by atoms with Crippen LogP contribution in [0.3, 0.4) is 0 Å². The van der Waals surface area contributed by atoms with E-state index in [9.17, 15) is 19.5 Å². The van der Waals surface area contributed by atoms with Crippen molar-refractivity contribution in [2.45, 2.75) is 0 Å². The minimum absolute atomic E-state index is 0.0593. The molecule has 1 aliphatic heterocycles. The van der Waals surface area contributed by atoms with Gasteiger partial charge >= 0.3 is 11.9 Å². The monoisotopic (exact) mass is 461 g/mol. The van der Waals surface area contributed by atoms with E-state index in [2.05, 4.69) is 10.3 Å². The summed E-state index contributed by atoms with van der Waals surface area (Å²) < 4.78 is 9.74. The Labute approximate surface area is 195 Å². The number of pyridine rings is 1. The van der Waals surface area contributed by atoms with Crippen molar-refractivity contribution in [2.24, 2.45) is 0 Å². The van der Waals surface area contributed by atoms with E-state index in [4.69, 9.17) is 9.47 Å². The number of methoxy groups -OCH3 is 2. The van der Waals surface area contributed by atoms with Crippen molar-refractivity contribution in [1.29, 1.82) is 0 Å². The number of anilines is 1. The topological polar surface area (TPSA) is 118 Å². The zero-order chi connectivity index (χ0) is 24.2. The number of hydrogen-bond donors (Lipinski definition) is 2. The highest BCUT2D eigenvalue weighted by Gasteiger charge is 2.34. The fourth-order valence-electron chi connectivity index (χ4n) is 3.82. The Morgan fingerprint density at radius 1 is 1.06 bits per heavy atom. The van der Waals surface area contributed by atoms with Gasteiger partial charge in [-0.2, -0.15) is 0 Å². The third-order valence-electron chi connectivity index (χ3n) is 5.53. The molecule has 0 saturated carbocycles. The highest BCUT2D eigenvalue weighted by molar-refractivity contribution is 6.08. The first-order valence-electron chi connectivity index (χ1n) is 10.5. The lowest BCUT2D eigenvalue weighted by atomic mass is 10.0. The smallest absolute Gasteiger partial charge is 0.338 e. The number of esters is 2. The van der Waals surface area contributed by atoms with Crippen LogP contribution >= 0.6 is 0 Å². The highest BCUT2D eigenvalue weighted by Crippen LogP contribution is 2.28. The Kier molecular flexibility index (Phi) is 6.55. The summed E-state index contributed by atoms with van der Waals surface area (Å²) in [7, 11) is 2.58.